The number of hydrogen-bond acceptors (Lipinski definition) is 3. The summed E-state index contributed by atoms with van der Waals surface area (Å²) in [5.74, 6) is 0.674. The number of carbonyl (C=O) groups excluding carboxylic acids is 1. The van der Waals surface area contributed by atoms with Crippen molar-refractivity contribution in [3.8, 4) is 5.75 Å². The minimum Gasteiger partial charge on any atom is -0.491 e. The van der Waals surface area contributed by atoms with E-state index in [4.69, 9.17) is 21.1 Å². The first-order chi connectivity index (χ1) is 12.2. The second-order valence-electron chi connectivity index (χ2n) is 6.10. The third kappa shape index (κ3) is 5.48. The lowest BCUT2D eigenvalue weighted by Gasteiger charge is -2.11. The lowest BCUT2D eigenvalue weighted by Crippen LogP contribution is -2.25. The monoisotopic (exact) mass is 359 g/mol. The predicted molar refractivity (Wildman–Crippen MR) is 98.4 cm³/mol. The maximum atomic E-state index is 12.2. The van der Waals surface area contributed by atoms with Gasteiger partial charge in [0.1, 0.15) is 12.4 Å². The summed E-state index contributed by atoms with van der Waals surface area (Å²) in [4.78, 5) is 12.2. The number of hydrogen-bond donors (Lipinski definition) is 1. The first kappa shape index (κ1) is 17.8. The molecule has 1 N–H and O–H groups in total. The lowest BCUT2D eigenvalue weighted by molar-refractivity contribution is 0.0679. The van der Waals surface area contributed by atoms with Crippen molar-refractivity contribution in [2.24, 2.45) is 0 Å². The molecular weight excluding hydrogens is 338 g/mol. The van der Waals surface area contributed by atoms with E-state index in [9.17, 15) is 4.79 Å². The van der Waals surface area contributed by atoms with Crippen LogP contribution in [0.4, 0.5) is 0 Å². The largest absolute Gasteiger partial charge is 0.491 e. The molecule has 2 aromatic carbocycles. The van der Waals surface area contributed by atoms with Crippen LogP contribution < -0.4 is 10.1 Å². The molecule has 1 heterocycles. The number of carbonyl (C=O) groups is 1. The van der Waals surface area contributed by atoms with Gasteiger partial charge in [0.2, 0.25) is 0 Å². The molecule has 0 saturated carbocycles. The third-order valence-corrected chi connectivity index (χ3v) is 4.44. The molecule has 1 aliphatic heterocycles. The van der Waals surface area contributed by atoms with Crippen LogP contribution in [0.15, 0.2) is 48.5 Å². The van der Waals surface area contributed by atoms with Crippen molar-refractivity contribution in [3.05, 3.63) is 64.7 Å². The van der Waals surface area contributed by atoms with Gasteiger partial charge in [-0.3, -0.25) is 4.79 Å². The van der Waals surface area contributed by atoms with Crippen LogP contribution in [0, 0.1) is 0 Å². The summed E-state index contributed by atoms with van der Waals surface area (Å²) in [5, 5.41) is 3.64. The van der Waals surface area contributed by atoms with Crippen LogP contribution in [-0.2, 0) is 11.2 Å². The molecule has 0 unspecified atom stereocenters. The molecule has 4 nitrogen and oxygen atoms in total. The normalized spacial score (nSPS) is 16.6. The highest BCUT2D eigenvalue weighted by Crippen LogP contribution is 2.16. The Balaban J connectivity index is 1.42. The SMILES string of the molecule is O=C(NCCc1ccc(Cl)cc1)c1ccc(OC[C@@H]2CCCO2)cc1. The highest BCUT2D eigenvalue weighted by atomic mass is 35.5. The van der Waals surface area contributed by atoms with Crippen LogP contribution >= 0.6 is 11.6 Å². The maximum Gasteiger partial charge on any atom is 0.251 e. The molecule has 0 bridgehead atoms. The van der Waals surface area contributed by atoms with Crippen LogP contribution in [0.1, 0.15) is 28.8 Å². The molecule has 132 valence electrons. The minimum atomic E-state index is -0.0837. The van der Waals surface area contributed by atoms with Gasteiger partial charge in [-0.15, -0.1) is 0 Å². The molecule has 1 fully saturated rings. The number of halogens is 1. The Kier molecular flexibility index (Phi) is 6.31. The average molecular weight is 360 g/mol. The van der Waals surface area contributed by atoms with Gasteiger partial charge in [-0.2, -0.15) is 0 Å². The van der Waals surface area contributed by atoms with Crippen LogP contribution in [0.3, 0.4) is 0 Å². The zero-order valence-corrected chi connectivity index (χ0v) is 14.8. The molecule has 0 aliphatic carbocycles. The lowest BCUT2D eigenvalue weighted by atomic mass is 10.1. The quantitative estimate of drug-likeness (QED) is 0.816. The zero-order chi connectivity index (χ0) is 17.5. The van der Waals surface area contributed by atoms with E-state index in [1.807, 2.05) is 36.4 Å². The maximum absolute atomic E-state index is 12.2. The fraction of sp³-hybridized carbons (Fsp3) is 0.350. The number of rotatable bonds is 7. The topological polar surface area (TPSA) is 47.6 Å². The molecular formula is C20H22ClNO3. The van der Waals surface area contributed by atoms with Crippen LogP contribution in [0.2, 0.25) is 5.02 Å². The van der Waals surface area contributed by atoms with Crippen LogP contribution in [0.25, 0.3) is 0 Å². The van der Waals surface area contributed by atoms with E-state index in [0.29, 0.717) is 18.7 Å². The Labute approximate surface area is 153 Å². The Hall–Kier alpha value is -2.04. The molecule has 1 aliphatic rings. The number of nitrogens with one attached hydrogen (secondary N) is 1. The second-order valence-corrected chi connectivity index (χ2v) is 6.54. The number of ether oxygens (including phenoxy) is 2. The van der Waals surface area contributed by atoms with Gasteiger partial charge in [0.15, 0.2) is 0 Å². The number of amides is 1. The van der Waals surface area contributed by atoms with E-state index in [-0.39, 0.29) is 12.0 Å². The van der Waals surface area contributed by atoms with E-state index in [0.717, 1.165) is 42.2 Å². The van der Waals surface area contributed by atoms with Gasteiger partial charge in [0, 0.05) is 23.7 Å². The van der Waals surface area contributed by atoms with Crippen molar-refractivity contribution >= 4 is 17.5 Å². The predicted octanol–water partition coefficient (Wildman–Crippen LogP) is 3.87. The minimum absolute atomic E-state index is 0.0837. The average Bonchev–Trinajstić information content (AvgIpc) is 3.15. The molecule has 1 atom stereocenters. The molecule has 2 aromatic rings. The Morgan fingerprint density at radius 1 is 1.16 bits per heavy atom. The molecule has 1 saturated heterocycles. The van der Waals surface area contributed by atoms with Crippen molar-refractivity contribution in [3.63, 3.8) is 0 Å². The first-order valence-corrected chi connectivity index (χ1v) is 8.95. The van der Waals surface area contributed by atoms with Gasteiger partial charge in [0.05, 0.1) is 6.10 Å². The molecule has 0 spiro atoms. The molecule has 0 radical (unpaired) electrons. The highest BCUT2D eigenvalue weighted by molar-refractivity contribution is 6.30. The van der Waals surface area contributed by atoms with Crippen LogP contribution in [-0.4, -0.2) is 31.8 Å². The molecule has 1 amide bonds. The van der Waals surface area contributed by atoms with E-state index in [1.54, 1.807) is 12.1 Å². The Morgan fingerprint density at radius 2 is 1.92 bits per heavy atom. The standard InChI is InChI=1S/C20H22ClNO3/c21-17-7-3-15(4-8-17)11-12-22-20(23)16-5-9-18(10-6-16)25-14-19-2-1-13-24-19/h3-10,19H,1-2,11-14H2,(H,22,23)/t19-/m0/s1. The summed E-state index contributed by atoms with van der Waals surface area (Å²) in [6.07, 6.45) is 3.11. The Morgan fingerprint density at radius 3 is 2.60 bits per heavy atom. The van der Waals surface area contributed by atoms with Gasteiger partial charge >= 0.3 is 0 Å². The smallest absolute Gasteiger partial charge is 0.251 e. The van der Waals surface area contributed by atoms with Crippen molar-refractivity contribution in [1.29, 1.82) is 0 Å². The van der Waals surface area contributed by atoms with Gasteiger partial charge in [-0.05, 0) is 61.2 Å². The van der Waals surface area contributed by atoms with E-state index >= 15 is 0 Å². The molecule has 0 aromatic heterocycles. The summed E-state index contributed by atoms with van der Waals surface area (Å²) >= 11 is 5.86. The first-order valence-electron chi connectivity index (χ1n) is 8.58. The van der Waals surface area contributed by atoms with Gasteiger partial charge in [-0.1, -0.05) is 23.7 Å². The zero-order valence-electron chi connectivity index (χ0n) is 14.0. The third-order valence-electron chi connectivity index (χ3n) is 4.19. The van der Waals surface area contributed by atoms with Gasteiger partial charge in [-0.25, -0.2) is 0 Å². The second kappa shape index (κ2) is 8.88. The fourth-order valence-electron chi connectivity index (χ4n) is 2.74. The summed E-state index contributed by atoms with van der Waals surface area (Å²) < 4.78 is 11.2. The van der Waals surface area contributed by atoms with Crippen molar-refractivity contribution < 1.29 is 14.3 Å². The van der Waals surface area contributed by atoms with Crippen molar-refractivity contribution in [2.45, 2.75) is 25.4 Å². The molecule has 25 heavy (non-hydrogen) atoms. The highest BCUT2D eigenvalue weighted by Gasteiger charge is 2.16. The van der Waals surface area contributed by atoms with Crippen molar-refractivity contribution in [2.75, 3.05) is 19.8 Å². The van der Waals surface area contributed by atoms with Gasteiger partial charge in [0.25, 0.3) is 5.91 Å². The van der Waals surface area contributed by atoms with Gasteiger partial charge < -0.3 is 14.8 Å². The summed E-state index contributed by atoms with van der Waals surface area (Å²) in [7, 11) is 0. The van der Waals surface area contributed by atoms with Crippen molar-refractivity contribution in [1.82, 2.24) is 5.32 Å². The van der Waals surface area contributed by atoms with Crippen LogP contribution in [0.5, 0.6) is 5.75 Å². The fourth-order valence-corrected chi connectivity index (χ4v) is 2.87. The number of benzene rings is 2. The Bertz CT molecular complexity index is 679. The molecule has 3 rings (SSSR count). The summed E-state index contributed by atoms with van der Waals surface area (Å²) in [5.41, 5.74) is 1.77. The van der Waals surface area contributed by atoms with E-state index < -0.39 is 0 Å². The summed E-state index contributed by atoms with van der Waals surface area (Å²) in [6, 6.07) is 14.8. The van der Waals surface area contributed by atoms with E-state index in [2.05, 4.69) is 5.32 Å². The van der Waals surface area contributed by atoms with E-state index in [1.165, 1.54) is 0 Å². The molecule has 5 heteroatoms. The summed E-state index contributed by atoms with van der Waals surface area (Å²) in [6.45, 7) is 1.97.